The topological polar surface area (TPSA) is 57.7 Å². The second-order valence-corrected chi connectivity index (χ2v) is 8.92. The summed E-state index contributed by atoms with van der Waals surface area (Å²) >= 11 is 0. The van der Waals surface area contributed by atoms with Crippen molar-refractivity contribution in [2.24, 2.45) is 0 Å². The molecule has 28 heavy (non-hydrogen) atoms. The van der Waals surface area contributed by atoms with Crippen molar-refractivity contribution in [1.82, 2.24) is 9.21 Å². The Morgan fingerprint density at radius 3 is 2.07 bits per heavy atom. The smallest absolute Gasteiger partial charge is 0.243 e. The molecule has 0 radical (unpaired) electrons. The molecule has 3 rings (SSSR count). The summed E-state index contributed by atoms with van der Waals surface area (Å²) in [6.07, 6.45) is 2.13. The molecule has 5 nitrogen and oxygen atoms in total. The van der Waals surface area contributed by atoms with Crippen LogP contribution in [0.1, 0.15) is 24.5 Å². The monoisotopic (exact) mass is 404 g/mol. The second kappa shape index (κ2) is 8.84. The van der Waals surface area contributed by atoms with Crippen molar-refractivity contribution in [1.29, 1.82) is 0 Å². The molecule has 1 heterocycles. The first-order valence-corrected chi connectivity index (χ1v) is 11.0. The SMILES string of the molecule is CCCc1ccc(S(=O)(=O)N2CCN(C(=O)Cc3ccc(F)cc3)CC2)cc1. The Labute approximate surface area is 165 Å². The Morgan fingerprint density at radius 2 is 1.50 bits per heavy atom. The van der Waals surface area contributed by atoms with Gasteiger partial charge in [0.05, 0.1) is 11.3 Å². The van der Waals surface area contributed by atoms with Crippen LogP contribution in [0.25, 0.3) is 0 Å². The van der Waals surface area contributed by atoms with Crippen LogP contribution in [0, 0.1) is 5.82 Å². The Morgan fingerprint density at radius 1 is 0.929 bits per heavy atom. The van der Waals surface area contributed by atoms with E-state index in [-0.39, 0.29) is 31.2 Å². The summed E-state index contributed by atoms with van der Waals surface area (Å²) in [6.45, 7) is 3.34. The van der Waals surface area contributed by atoms with Crippen LogP contribution < -0.4 is 0 Å². The van der Waals surface area contributed by atoms with E-state index < -0.39 is 10.0 Å². The van der Waals surface area contributed by atoms with Crippen molar-refractivity contribution in [3.05, 3.63) is 65.5 Å². The summed E-state index contributed by atoms with van der Waals surface area (Å²) in [6, 6.07) is 12.9. The first kappa shape index (κ1) is 20.5. The largest absolute Gasteiger partial charge is 0.340 e. The number of carbonyl (C=O) groups excluding carboxylic acids is 1. The van der Waals surface area contributed by atoms with E-state index in [1.807, 2.05) is 12.1 Å². The van der Waals surface area contributed by atoms with Gasteiger partial charge in [0.15, 0.2) is 0 Å². The van der Waals surface area contributed by atoms with Crippen LogP contribution in [-0.2, 0) is 27.7 Å². The van der Waals surface area contributed by atoms with Gasteiger partial charge < -0.3 is 4.90 Å². The maximum Gasteiger partial charge on any atom is 0.243 e. The lowest BCUT2D eigenvalue weighted by Gasteiger charge is -2.34. The van der Waals surface area contributed by atoms with Crippen molar-refractivity contribution in [3.8, 4) is 0 Å². The quantitative estimate of drug-likeness (QED) is 0.744. The molecule has 0 aliphatic carbocycles. The molecule has 7 heteroatoms. The van der Waals surface area contributed by atoms with Gasteiger partial charge in [-0.25, -0.2) is 12.8 Å². The van der Waals surface area contributed by atoms with E-state index in [0.29, 0.717) is 18.0 Å². The molecule has 0 spiro atoms. The summed E-state index contributed by atoms with van der Waals surface area (Å²) in [5, 5.41) is 0. The molecule has 0 saturated carbocycles. The van der Waals surface area contributed by atoms with Crippen LogP contribution in [0.3, 0.4) is 0 Å². The van der Waals surface area contributed by atoms with Gasteiger partial charge in [0.1, 0.15) is 5.82 Å². The number of piperazine rings is 1. The molecule has 1 aliphatic heterocycles. The molecule has 0 unspecified atom stereocenters. The fourth-order valence-electron chi connectivity index (χ4n) is 3.33. The van der Waals surface area contributed by atoms with E-state index in [1.54, 1.807) is 29.2 Å². The van der Waals surface area contributed by atoms with E-state index in [9.17, 15) is 17.6 Å². The normalized spacial score (nSPS) is 15.6. The van der Waals surface area contributed by atoms with Crippen LogP contribution in [0.4, 0.5) is 4.39 Å². The lowest BCUT2D eigenvalue weighted by molar-refractivity contribution is -0.131. The highest BCUT2D eigenvalue weighted by molar-refractivity contribution is 7.89. The molecule has 0 N–H and O–H groups in total. The Hall–Kier alpha value is -2.25. The predicted molar refractivity (Wildman–Crippen MR) is 106 cm³/mol. The molecule has 0 aromatic heterocycles. The summed E-state index contributed by atoms with van der Waals surface area (Å²) < 4.78 is 40.1. The maximum absolute atomic E-state index is 13.0. The summed E-state index contributed by atoms with van der Waals surface area (Å²) in [7, 11) is -3.55. The number of benzene rings is 2. The zero-order valence-corrected chi connectivity index (χ0v) is 16.8. The third-order valence-electron chi connectivity index (χ3n) is 4.96. The highest BCUT2D eigenvalue weighted by Gasteiger charge is 2.30. The Bertz CT molecular complexity index is 904. The van der Waals surface area contributed by atoms with Gasteiger partial charge in [0.2, 0.25) is 15.9 Å². The van der Waals surface area contributed by atoms with Crippen molar-refractivity contribution in [2.45, 2.75) is 31.1 Å². The minimum absolute atomic E-state index is 0.0763. The van der Waals surface area contributed by atoms with Crippen LogP contribution >= 0.6 is 0 Å². The van der Waals surface area contributed by atoms with Gasteiger partial charge in [-0.1, -0.05) is 37.6 Å². The third-order valence-corrected chi connectivity index (χ3v) is 6.87. The van der Waals surface area contributed by atoms with Crippen molar-refractivity contribution in [3.63, 3.8) is 0 Å². The number of sulfonamides is 1. The fourth-order valence-corrected chi connectivity index (χ4v) is 4.75. The number of nitrogens with zero attached hydrogens (tertiary/aromatic N) is 2. The summed E-state index contributed by atoms with van der Waals surface area (Å²) in [5.41, 5.74) is 1.87. The van der Waals surface area contributed by atoms with E-state index in [4.69, 9.17) is 0 Å². The second-order valence-electron chi connectivity index (χ2n) is 6.98. The van der Waals surface area contributed by atoms with Crippen LogP contribution in [0.2, 0.25) is 0 Å². The van der Waals surface area contributed by atoms with E-state index in [0.717, 1.165) is 24.0 Å². The molecular formula is C21H25FN2O3S. The molecule has 0 atom stereocenters. The first-order chi connectivity index (χ1) is 13.4. The van der Waals surface area contributed by atoms with Gasteiger partial charge >= 0.3 is 0 Å². The summed E-state index contributed by atoms with van der Waals surface area (Å²) in [4.78, 5) is 14.4. The number of carbonyl (C=O) groups is 1. The molecule has 1 aliphatic rings. The zero-order valence-electron chi connectivity index (χ0n) is 16.0. The minimum atomic E-state index is -3.55. The standard InChI is InChI=1S/C21H25FN2O3S/c1-2-3-17-6-10-20(11-7-17)28(26,27)24-14-12-23(13-15-24)21(25)16-18-4-8-19(22)9-5-18/h4-11H,2-3,12-16H2,1H3. The number of halogens is 1. The number of rotatable bonds is 6. The zero-order chi connectivity index (χ0) is 20.1. The average Bonchev–Trinajstić information content (AvgIpc) is 2.70. The van der Waals surface area contributed by atoms with Crippen molar-refractivity contribution in [2.75, 3.05) is 26.2 Å². The van der Waals surface area contributed by atoms with Crippen molar-refractivity contribution >= 4 is 15.9 Å². The number of hydrogen-bond donors (Lipinski definition) is 0. The van der Waals surface area contributed by atoms with E-state index in [1.165, 1.54) is 16.4 Å². The number of aryl methyl sites for hydroxylation is 1. The van der Waals surface area contributed by atoms with E-state index >= 15 is 0 Å². The molecule has 150 valence electrons. The maximum atomic E-state index is 13.0. The first-order valence-electron chi connectivity index (χ1n) is 9.51. The number of amides is 1. The van der Waals surface area contributed by atoms with Crippen LogP contribution in [0.5, 0.6) is 0 Å². The molecule has 1 amide bonds. The van der Waals surface area contributed by atoms with Gasteiger partial charge in [-0.15, -0.1) is 0 Å². The van der Waals surface area contributed by atoms with Gasteiger partial charge in [0.25, 0.3) is 0 Å². The fraction of sp³-hybridized carbons (Fsp3) is 0.381. The van der Waals surface area contributed by atoms with Gasteiger partial charge in [-0.2, -0.15) is 4.31 Å². The molecule has 1 saturated heterocycles. The van der Waals surface area contributed by atoms with Crippen molar-refractivity contribution < 1.29 is 17.6 Å². The number of hydrogen-bond acceptors (Lipinski definition) is 3. The van der Waals surface area contributed by atoms with Gasteiger partial charge in [-0.3, -0.25) is 4.79 Å². The summed E-state index contributed by atoms with van der Waals surface area (Å²) in [5.74, 6) is -0.412. The molecule has 2 aromatic carbocycles. The van der Waals surface area contributed by atoms with E-state index in [2.05, 4.69) is 6.92 Å². The van der Waals surface area contributed by atoms with Crippen LogP contribution in [-0.4, -0.2) is 49.7 Å². The molecule has 1 fully saturated rings. The third kappa shape index (κ3) is 4.77. The average molecular weight is 405 g/mol. The predicted octanol–water partition coefficient (Wildman–Crippen LogP) is 2.85. The Balaban J connectivity index is 1.59. The highest BCUT2D eigenvalue weighted by Crippen LogP contribution is 2.19. The highest BCUT2D eigenvalue weighted by atomic mass is 32.2. The van der Waals surface area contributed by atoms with Crippen LogP contribution in [0.15, 0.2) is 53.4 Å². The molecule has 2 aromatic rings. The minimum Gasteiger partial charge on any atom is -0.340 e. The Kier molecular flexibility index (Phi) is 6.46. The molecular weight excluding hydrogens is 379 g/mol. The lowest BCUT2D eigenvalue weighted by Crippen LogP contribution is -2.50. The lowest BCUT2D eigenvalue weighted by atomic mass is 10.1. The molecule has 0 bridgehead atoms. The van der Waals surface area contributed by atoms with Gasteiger partial charge in [-0.05, 0) is 41.8 Å². The van der Waals surface area contributed by atoms with Gasteiger partial charge in [0, 0.05) is 26.2 Å².